The molecule has 0 fully saturated rings. The van der Waals surface area contributed by atoms with Crippen LogP contribution in [0.25, 0.3) is 22.3 Å². The van der Waals surface area contributed by atoms with E-state index in [0.29, 0.717) is 27.3 Å². The third-order valence-electron chi connectivity index (χ3n) is 3.71. The Hall–Kier alpha value is -2.77. The second-order valence-electron chi connectivity index (χ2n) is 5.23. The molecule has 4 nitrogen and oxygen atoms in total. The van der Waals surface area contributed by atoms with Crippen LogP contribution in [0.15, 0.2) is 51.7 Å². The Bertz CT molecular complexity index is 984. The molecule has 0 atom stereocenters. The average molecular weight is 340 g/mol. The summed E-state index contributed by atoms with van der Waals surface area (Å²) < 4.78 is 11.3. The third kappa shape index (κ3) is 2.99. The van der Waals surface area contributed by atoms with Crippen LogP contribution in [-0.2, 0) is 6.42 Å². The van der Waals surface area contributed by atoms with Crippen LogP contribution in [0.4, 0.5) is 0 Å². The molecule has 0 N–H and O–H groups in total. The number of fused-ring (bicyclic) bond motifs is 1. The molecule has 24 heavy (non-hydrogen) atoms. The lowest BCUT2D eigenvalue weighted by Crippen LogP contribution is -2.10. The molecule has 5 heteroatoms. The molecule has 0 aliphatic heterocycles. The van der Waals surface area contributed by atoms with E-state index in [2.05, 4.69) is 0 Å². The van der Waals surface area contributed by atoms with Crippen LogP contribution in [0.1, 0.15) is 12.5 Å². The van der Waals surface area contributed by atoms with Gasteiger partial charge < -0.3 is 9.15 Å². The van der Waals surface area contributed by atoms with Gasteiger partial charge in [0.15, 0.2) is 12.4 Å². The van der Waals surface area contributed by atoms with Crippen LogP contribution in [-0.4, -0.2) is 6.61 Å². The molecule has 0 amide bonds. The van der Waals surface area contributed by atoms with E-state index in [1.807, 2.05) is 19.1 Å². The van der Waals surface area contributed by atoms with Crippen LogP contribution < -0.4 is 10.2 Å². The molecule has 0 aliphatic carbocycles. The Morgan fingerprint density at radius 1 is 1.21 bits per heavy atom. The maximum atomic E-state index is 12.8. The number of hydrogen-bond acceptors (Lipinski definition) is 4. The number of aryl methyl sites for hydroxylation is 1. The van der Waals surface area contributed by atoms with Crippen molar-refractivity contribution in [2.45, 2.75) is 13.3 Å². The SMILES string of the molecule is CCc1ccc2oc(-c3ccc(Cl)cc3)c(OCC#N)c(=O)c2c1. The minimum absolute atomic E-state index is 0.0413. The van der Waals surface area contributed by atoms with Crippen LogP contribution >= 0.6 is 11.6 Å². The van der Waals surface area contributed by atoms with Gasteiger partial charge in [0.25, 0.3) is 0 Å². The highest BCUT2D eigenvalue weighted by Crippen LogP contribution is 2.31. The van der Waals surface area contributed by atoms with Gasteiger partial charge in [-0.05, 0) is 48.4 Å². The molecule has 1 aromatic heterocycles. The first-order valence-corrected chi connectivity index (χ1v) is 7.87. The third-order valence-corrected chi connectivity index (χ3v) is 3.96. The number of rotatable bonds is 4. The summed E-state index contributed by atoms with van der Waals surface area (Å²) in [5, 5.41) is 9.81. The number of halogens is 1. The summed E-state index contributed by atoms with van der Waals surface area (Å²) in [6.45, 7) is 1.78. The molecule has 1 heterocycles. The molecule has 120 valence electrons. The van der Waals surface area contributed by atoms with Crippen LogP contribution in [0.5, 0.6) is 5.75 Å². The molecule has 0 saturated heterocycles. The fourth-order valence-electron chi connectivity index (χ4n) is 2.47. The fraction of sp³-hybridized carbons (Fsp3) is 0.158. The van der Waals surface area contributed by atoms with Crippen LogP contribution in [0.3, 0.4) is 0 Å². The topological polar surface area (TPSA) is 63.2 Å². The number of nitrogens with zero attached hydrogens (tertiary/aromatic N) is 1. The highest BCUT2D eigenvalue weighted by molar-refractivity contribution is 6.30. The normalized spacial score (nSPS) is 10.5. The first-order valence-electron chi connectivity index (χ1n) is 7.49. The summed E-state index contributed by atoms with van der Waals surface area (Å²) in [6.07, 6.45) is 0.808. The Kier molecular flexibility index (Phi) is 4.54. The molecule has 0 aliphatic rings. The van der Waals surface area contributed by atoms with Crippen molar-refractivity contribution in [2.24, 2.45) is 0 Å². The van der Waals surface area contributed by atoms with E-state index >= 15 is 0 Å². The van der Waals surface area contributed by atoms with Gasteiger partial charge in [0.05, 0.1) is 5.39 Å². The number of benzene rings is 2. The van der Waals surface area contributed by atoms with Crippen LogP contribution in [0, 0.1) is 11.3 Å². The number of ether oxygens (including phenoxy) is 1. The van der Waals surface area contributed by atoms with Gasteiger partial charge in [-0.2, -0.15) is 5.26 Å². The second-order valence-corrected chi connectivity index (χ2v) is 5.66. The van der Waals surface area contributed by atoms with Crippen LogP contribution in [0.2, 0.25) is 5.02 Å². The quantitative estimate of drug-likeness (QED) is 0.698. The van der Waals surface area contributed by atoms with Gasteiger partial charge in [-0.1, -0.05) is 24.6 Å². The van der Waals surface area contributed by atoms with E-state index in [1.54, 1.807) is 36.4 Å². The lowest BCUT2D eigenvalue weighted by atomic mass is 10.1. The monoisotopic (exact) mass is 339 g/mol. The van der Waals surface area contributed by atoms with Crippen molar-refractivity contribution in [3.8, 4) is 23.1 Å². The Morgan fingerprint density at radius 2 is 1.96 bits per heavy atom. The zero-order chi connectivity index (χ0) is 17.1. The smallest absolute Gasteiger partial charge is 0.235 e. The van der Waals surface area contributed by atoms with Gasteiger partial charge in [-0.3, -0.25) is 4.79 Å². The van der Waals surface area contributed by atoms with Crippen molar-refractivity contribution in [2.75, 3.05) is 6.61 Å². The van der Waals surface area contributed by atoms with Crippen molar-refractivity contribution in [3.63, 3.8) is 0 Å². The van der Waals surface area contributed by atoms with Crippen molar-refractivity contribution >= 4 is 22.6 Å². The molecular formula is C19H14ClNO3. The maximum absolute atomic E-state index is 12.8. The molecular weight excluding hydrogens is 326 g/mol. The molecule has 3 aromatic rings. The molecule has 2 aromatic carbocycles. The Balaban J connectivity index is 2.28. The Labute approximate surface area is 143 Å². The fourth-order valence-corrected chi connectivity index (χ4v) is 2.60. The summed E-state index contributed by atoms with van der Waals surface area (Å²) in [7, 11) is 0. The summed E-state index contributed by atoms with van der Waals surface area (Å²) in [4.78, 5) is 12.8. The first-order chi connectivity index (χ1) is 11.6. The molecule has 0 radical (unpaired) electrons. The number of nitriles is 1. The average Bonchev–Trinajstić information content (AvgIpc) is 2.61. The van der Waals surface area contributed by atoms with Crippen molar-refractivity contribution in [1.82, 2.24) is 0 Å². The Morgan fingerprint density at radius 3 is 2.62 bits per heavy atom. The highest BCUT2D eigenvalue weighted by atomic mass is 35.5. The minimum atomic E-state index is -0.285. The van der Waals surface area contributed by atoms with E-state index in [1.165, 1.54) is 0 Å². The first kappa shape index (κ1) is 16.1. The second kappa shape index (κ2) is 6.77. The van der Waals surface area contributed by atoms with E-state index in [-0.39, 0.29) is 17.8 Å². The summed E-state index contributed by atoms with van der Waals surface area (Å²) >= 11 is 5.92. The zero-order valence-corrected chi connectivity index (χ0v) is 13.8. The van der Waals surface area contributed by atoms with Gasteiger partial charge in [0.2, 0.25) is 11.2 Å². The van der Waals surface area contributed by atoms with Gasteiger partial charge in [0, 0.05) is 10.6 Å². The largest absolute Gasteiger partial charge is 0.471 e. The van der Waals surface area contributed by atoms with E-state index < -0.39 is 0 Å². The summed E-state index contributed by atoms with van der Waals surface area (Å²) in [6, 6.07) is 14.3. The van der Waals surface area contributed by atoms with E-state index in [0.717, 1.165) is 12.0 Å². The zero-order valence-electron chi connectivity index (χ0n) is 13.0. The molecule has 3 rings (SSSR count). The van der Waals surface area contributed by atoms with Crippen molar-refractivity contribution in [3.05, 3.63) is 63.3 Å². The minimum Gasteiger partial charge on any atom is -0.471 e. The molecule has 0 spiro atoms. The summed E-state index contributed by atoms with van der Waals surface area (Å²) in [5.41, 5.74) is 1.88. The van der Waals surface area contributed by atoms with Crippen molar-refractivity contribution < 1.29 is 9.15 Å². The molecule has 0 saturated carbocycles. The van der Waals surface area contributed by atoms with Gasteiger partial charge in [-0.15, -0.1) is 0 Å². The standard InChI is InChI=1S/C19H14ClNO3/c1-2-12-3-8-16-15(11-12)17(22)19(23-10-9-21)18(24-16)13-4-6-14(20)7-5-13/h3-8,11H,2,10H2,1H3. The molecule has 0 bridgehead atoms. The van der Waals surface area contributed by atoms with E-state index in [9.17, 15) is 4.79 Å². The van der Waals surface area contributed by atoms with Gasteiger partial charge in [0.1, 0.15) is 11.7 Å². The maximum Gasteiger partial charge on any atom is 0.235 e. The lowest BCUT2D eigenvalue weighted by molar-refractivity contribution is 0.356. The molecule has 0 unspecified atom stereocenters. The van der Waals surface area contributed by atoms with Gasteiger partial charge in [-0.25, -0.2) is 0 Å². The van der Waals surface area contributed by atoms with E-state index in [4.69, 9.17) is 26.0 Å². The predicted octanol–water partition coefficient (Wildman–Crippen LogP) is 4.58. The van der Waals surface area contributed by atoms with Gasteiger partial charge >= 0.3 is 0 Å². The lowest BCUT2D eigenvalue weighted by Gasteiger charge is -2.10. The van der Waals surface area contributed by atoms with Crippen molar-refractivity contribution in [1.29, 1.82) is 5.26 Å². The summed E-state index contributed by atoms with van der Waals surface area (Å²) in [5.74, 6) is 0.336. The number of hydrogen-bond donors (Lipinski definition) is 0. The predicted molar refractivity (Wildman–Crippen MR) is 93.4 cm³/mol. The highest BCUT2D eigenvalue weighted by Gasteiger charge is 2.18.